The van der Waals surface area contributed by atoms with Crippen LogP contribution in [0.25, 0.3) is 0 Å². The molecule has 1 amide bonds. The zero-order valence-electron chi connectivity index (χ0n) is 11.8. The third-order valence-electron chi connectivity index (χ3n) is 3.34. The van der Waals surface area contributed by atoms with E-state index in [9.17, 15) is 9.18 Å². The number of ether oxygens (including phenoxy) is 1. The van der Waals surface area contributed by atoms with Gasteiger partial charge in [-0.15, -0.1) is 0 Å². The number of carbonyl (C=O) groups is 1. The molecular formula is C14H21FN2O2. The van der Waals surface area contributed by atoms with Crippen LogP contribution in [0.4, 0.5) is 4.39 Å². The van der Waals surface area contributed by atoms with Gasteiger partial charge < -0.3 is 10.5 Å². The zero-order chi connectivity index (χ0) is 14.6. The zero-order valence-corrected chi connectivity index (χ0v) is 11.8. The summed E-state index contributed by atoms with van der Waals surface area (Å²) >= 11 is 0. The molecule has 0 saturated carbocycles. The lowest BCUT2D eigenvalue weighted by Crippen LogP contribution is -2.54. The lowest BCUT2D eigenvalue weighted by atomic mass is 9.88. The minimum absolute atomic E-state index is 0.0156. The maximum atomic E-state index is 14.1. The summed E-state index contributed by atoms with van der Waals surface area (Å²) in [4.78, 5) is 11.8. The van der Waals surface area contributed by atoms with Gasteiger partial charge in [-0.2, -0.15) is 0 Å². The lowest BCUT2D eigenvalue weighted by Gasteiger charge is -2.32. The Bertz CT molecular complexity index is 465. The number of primary amides is 1. The van der Waals surface area contributed by atoms with E-state index in [1.165, 1.54) is 19.2 Å². The van der Waals surface area contributed by atoms with E-state index in [1.54, 1.807) is 13.0 Å². The van der Waals surface area contributed by atoms with Gasteiger partial charge in [0.2, 0.25) is 5.91 Å². The van der Waals surface area contributed by atoms with Crippen molar-refractivity contribution in [2.75, 3.05) is 7.11 Å². The smallest absolute Gasteiger partial charge is 0.242 e. The second-order valence-electron chi connectivity index (χ2n) is 4.76. The molecule has 0 aliphatic rings. The third kappa shape index (κ3) is 3.04. The highest BCUT2D eigenvalue weighted by molar-refractivity contribution is 5.86. The van der Waals surface area contributed by atoms with E-state index < -0.39 is 17.3 Å². The van der Waals surface area contributed by atoms with E-state index in [4.69, 9.17) is 10.5 Å². The van der Waals surface area contributed by atoms with Crippen LogP contribution in [0.2, 0.25) is 0 Å². The summed E-state index contributed by atoms with van der Waals surface area (Å²) in [6.45, 7) is 5.45. The van der Waals surface area contributed by atoms with Gasteiger partial charge in [-0.05, 0) is 32.4 Å². The Kier molecular flexibility index (Phi) is 4.89. The minimum atomic E-state index is -1.31. The number of halogens is 1. The molecule has 0 aliphatic heterocycles. The van der Waals surface area contributed by atoms with Gasteiger partial charge in [0.25, 0.3) is 0 Å². The lowest BCUT2D eigenvalue weighted by molar-refractivity contribution is -0.124. The normalized spacial score (nSPS) is 15.6. The van der Waals surface area contributed by atoms with Gasteiger partial charge >= 0.3 is 0 Å². The summed E-state index contributed by atoms with van der Waals surface area (Å²) < 4.78 is 19.3. The second-order valence-corrected chi connectivity index (χ2v) is 4.76. The van der Waals surface area contributed by atoms with Crippen LogP contribution in [0, 0.1) is 5.82 Å². The Morgan fingerprint density at radius 3 is 2.68 bits per heavy atom. The van der Waals surface area contributed by atoms with Crippen molar-refractivity contribution in [2.45, 2.75) is 38.8 Å². The molecular weight excluding hydrogens is 247 g/mol. The standard InChI is InChI=1S/C14H21FN2O2/c1-5-9(2)17-14(3,13(16)18)12-10(15)7-6-8-11(12)19-4/h6-9,17H,5H2,1-4H3,(H2,16,18). The van der Waals surface area contributed by atoms with Crippen LogP contribution in [0.1, 0.15) is 32.8 Å². The molecule has 19 heavy (non-hydrogen) atoms. The fraction of sp³-hybridized carbons (Fsp3) is 0.500. The van der Waals surface area contributed by atoms with E-state index in [-0.39, 0.29) is 11.6 Å². The van der Waals surface area contributed by atoms with Crippen LogP contribution in [0.5, 0.6) is 5.75 Å². The molecule has 0 fully saturated rings. The maximum Gasteiger partial charge on any atom is 0.242 e. The van der Waals surface area contributed by atoms with E-state index in [1.807, 2.05) is 13.8 Å². The average Bonchev–Trinajstić information content (AvgIpc) is 2.37. The van der Waals surface area contributed by atoms with Crippen LogP contribution >= 0.6 is 0 Å². The highest BCUT2D eigenvalue weighted by atomic mass is 19.1. The van der Waals surface area contributed by atoms with Gasteiger partial charge in [-0.1, -0.05) is 13.0 Å². The number of amides is 1. The van der Waals surface area contributed by atoms with Gasteiger partial charge in [0.1, 0.15) is 17.1 Å². The molecule has 2 atom stereocenters. The first-order valence-electron chi connectivity index (χ1n) is 6.27. The third-order valence-corrected chi connectivity index (χ3v) is 3.34. The number of nitrogens with one attached hydrogen (secondary N) is 1. The molecule has 4 nitrogen and oxygen atoms in total. The topological polar surface area (TPSA) is 64.3 Å². The van der Waals surface area contributed by atoms with Crippen molar-refractivity contribution in [3.63, 3.8) is 0 Å². The number of carbonyl (C=O) groups excluding carboxylic acids is 1. The average molecular weight is 268 g/mol. The van der Waals surface area contributed by atoms with Crippen molar-refractivity contribution in [3.05, 3.63) is 29.6 Å². The minimum Gasteiger partial charge on any atom is -0.496 e. The number of hydrogen-bond acceptors (Lipinski definition) is 3. The van der Waals surface area contributed by atoms with Gasteiger partial charge in [0.15, 0.2) is 0 Å². The molecule has 0 spiro atoms. The Morgan fingerprint density at radius 1 is 1.58 bits per heavy atom. The summed E-state index contributed by atoms with van der Waals surface area (Å²) in [6, 6.07) is 4.44. The summed E-state index contributed by atoms with van der Waals surface area (Å²) in [5.41, 5.74) is 4.31. The Balaban J connectivity index is 3.38. The summed E-state index contributed by atoms with van der Waals surface area (Å²) in [6.07, 6.45) is 0.791. The molecule has 0 radical (unpaired) electrons. The molecule has 5 heteroatoms. The predicted octanol–water partition coefficient (Wildman–Crippen LogP) is 1.92. The molecule has 2 unspecified atom stereocenters. The van der Waals surface area contributed by atoms with Gasteiger partial charge in [-0.25, -0.2) is 4.39 Å². The molecule has 0 heterocycles. The number of benzene rings is 1. The number of nitrogens with two attached hydrogens (primary N) is 1. The fourth-order valence-corrected chi connectivity index (χ4v) is 2.02. The van der Waals surface area contributed by atoms with Crippen molar-refractivity contribution >= 4 is 5.91 Å². The molecule has 106 valence electrons. The van der Waals surface area contributed by atoms with Crippen LogP contribution in [0.3, 0.4) is 0 Å². The largest absolute Gasteiger partial charge is 0.496 e. The molecule has 0 saturated heterocycles. The molecule has 1 aromatic rings. The quantitative estimate of drug-likeness (QED) is 0.828. The summed E-state index contributed by atoms with van der Waals surface area (Å²) in [7, 11) is 1.43. The molecule has 0 bridgehead atoms. The Hall–Kier alpha value is -1.62. The molecule has 1 aromatic carbocycles. The van der Waals surface area contributed by atoms with Crippen molar-refractivity contribution in [1.82, 2.24) is 5.32 Å². The second kappa shape index (κ2) is 6.02. The number of hydrogen-bond donors (Lipinski definition) is 2. The first-order chi connectivity index (χ1) is 8.86. The van der Waals surface area contributed by atoms with Crippen LogP contribution in [-0.4, -0.2) is 19.1 Å². The van der Waals surface area contributed by atoms with Gasteiger partial charge in [0, 0.05) is 6.04 Å². The molecule has 0 aliphatic carbocycles. The molecule has 3 N–H and O–H groups in total. The number of methoxy groups -OCH3 is 1. The Morgan fingerprint density at radius 2 is 2.21 bits per heavy atom. The fourth-order valence-electron chi connectivity index (χ4n) is 2.02. The maximum absolute atomic E-state index is 14.1. The van der Waals surface area contributed by atoms with Crippen molar-refractivity contribution in [2.24, 2.45) is 5.73 Å². The SMILES string of the molecule is CCC(C)NC(C)(C(N)=O)c1c(F)cccc1OC. The van der Waals surface area contributed by atoms with Crippen LogP contribution in [-0.2, 0) is 10.3 Å². The van der Waals surface area contributed by atoms with E-state index in [0.717, 1.165) is 6.42 Å². The van der Waals surface area contributed by atoms with Crippen molar-refractivity contribution in [3.8, 4) is 5.75 Å². The highest BCUT2D eigenvalue weighted by Gasteiger charge is 2.39. The van der Waals surface area contributed by atoms with Crippen LogP contribution in [0.15, 0.2) is 18.2 Å². The van der Waals surface area contributed by atoms with E-state index >= 15 is 0 Å². The van der Waals surface area contributed by atoms with Crippen LogP contribution < -0.4 is 15.8 Å². The van der Waals surface area contributed by atoms with Crippen molar-refractivity contribution in [1.29, 1.82) is 0 Å². The summed E-state index contributed by atoms with van der Waals surface area (Å²) in [5, 5.41) is 3.08. The first-order valence-corrected chi connectivity index (χ1v) is 6.27. The predicted molar refractivity (Wildman–Crippen MR) is 72.4 cm³/mol. The highest BCUT2D eigenvalue weighted by Crippen LogP contribution is 2.32. The first kappa shape index (κ1) is 15.4. The van der Waals surface area contributed by atoms with Crippen molar-refractivity contribution < 1.29 is 13.9 Å². The van der Waals surface area contributed by atoms with E-state index in [2.05, 4.69) is 5.32 Å². The van der Waals surface area contributed by atoms with Gasteiger partial charge in [-0.3, -0.25) is 10.1 Å². The van der Waals surface area contributed by atoms with Gasteiger partial charge in [0.05, 0.1) is 12.7 Å². The Labute approximate surface area is 113 Å². The molecule has 1 rings (SSSR count). The monoisotopic (exact) mass is 268 g/mol. The van der Waals surface area contributed by atoms with E-state index in [0.29, 0.717) is 5.75 Å². The molecule has 0 aromatic heterocycles. The number of rotatable bonds is 6. The summed E-state index contributed by atoms with van der Waals surface area (Å²) in [5.74, 6) is -0.857.